The predicted molar refractivity (Wildman–Crippen MR) is 111 cm³/mol. The van der Waals surface area contributed by atoms with Crippen molar-refractivity contribution in [1.82, 2.24) is 5.32 Å². The van der Waals surface area contributed by atoms with Crippen LogP contribution in [0.15, 0.2) is 30.3 Å². The predicted octanol–water partition coefficient (Wildman–Crippen LogP) is 3.60. The molecule has 0 saturated heterocycles. The molecule has 2 aromatic rings. The molecule has 2 aromatic carbocycles. The minimum Gasteiger partial charge on any atom is -0.508 e. The van der Waals surface area contributed by atoms with Gasteiger partial charge in [-0.2, -0.15) is 0 Å². The Bertz CT molecular complexity index is 804. The van der Waals surface area contributed by atoms with Crippen molar-refractivity contribution in [2.24, 2.45) is 0 Å². The number of carbonyl (C=O) groups is 1. The molecule has 0 aliphatic rings. The SMILES string of the molecule is Cc1cc(OCC(=O)NC[C@H](C)O)cc(C)c1Cc1ccc(O)c(C(C)C)c1. The maximum absolute atomic E-state index is 11.7. The molecule has 0 aliphatic carbocycles. The molecular formula is C23H31NO4. The third kappa shape index (κ3) is 5.99. The average molecular weight is 386 g/mol. The Hall–Kier alpha value is -2.53. The third-order valence-corrected chi connectivity index (χ3v) is 4.73. The van der Waals surface area contributed by atoms with Crippen LogP contribution < -0.4 is 10.1 Å². The van der Waals surface area contributed by atoms with Gasteiger partial charge >= 0.3 is 0 Å². The van der Waals surface area contributed by atoms with Crippen molar-refractivity contribution in [1.29, 1.82) is 0 Å². The molecule has 0 unspecified atom stereocenters. The lowest BCUT2D eigenvalue weighted by Gasteiger charge is -2.15. The van der Waals surface area contributed by atoms with Crippen molar-refractivity contribution in [3.63, 3.8) is 0 Å². The zero-order valence-electron chi connectivity index (χ0n) is 17.4. The Morgan fingerprint density at radius 1 is 1.11 bits per heavy atom. The van der Waals surface area contributed by atoms with Gasteiger partial charge in [-0.1, -0.05) is 26.0 Å². The van der Waals surface area contributed by atoms with Crippen LogP contribution in [-0.2, 0) is 11.2 Å². The van der Waals surface area contributed by atoms with Gasteiger partial charge in [0.05, 0.1) is 6.10 Å². The molecule has 2 rings (SSSR count). The van der Waals surface area contributed by atoms with Gasteiger partial charge in [0.2, 0.25) is 0 Å². The van der Waals surface area contributed by atoms with E-state index in [2.05, 4.69) is 25.2 Å². The van der Waals surface area contributed by atoms with Crippen LogP contribution in [0, 0.1) is 13.8 Å². The van der Waals surface area contributed by atoms with E-state index in [4.69, 9.17) is 4.74 Å². The fourth-order valence-corrected chi connectivity index (χ4v) is 3.16. The fourth-order valence-electron chi connectivity index (χ4n) is 3.16. The highest BCUT2D eigenvalue weighted by Crippen LogP contribution is 2.29. The topological polar surface area (TPSA) is 78.8 Å². The molecule has 5 heteroatoms. The van der Waals surface area contributed by atoms with E-state index in [0.717, 1.165) is 28.7 Å². The molecule has 3 N–H and O–H groups in total. The standard InChI is InChI=1S/C23H31NO4/c1-14(2)20-10-18(6-7-22(20)26)11-21-15(3)8-19(9-16(21)4)28-13-23(27)24-12-17(5)25/h6-10,14,17,25-26H,11-13H2,1-5H3,(H,24,27)/t17-/m0/s1. The van der Waals surface area contributed by atoms with Crippen molar-refractivity contribution in [3.8, 4) is 11.5 Å². The van der Waals surface area contributed by atoms with Crippen molar-refractivity contribution < 1.29 is 19.7 Å². The van der Waals surface area contributed by atoms with Crippen molar-refractivity contribution in [2.45, 2.75) is 53.1 Å². The Morgan fingerprint density at radius 2 is 1.75 bits per heavy atom. The highest BCUT2D eigenvalue weighted by molar-refractivity contribution is 5.77. The van der Waals surface area contributed by atoms with Gasteiger partial charge in [0.1, 0.15) is 11.5 Å². The molecule has 1 atom stereocenters. The van der Waals surface area contributed by atoms with Gasteiger partial charge in [-0.3, -0.25) is 4.79 Å². The number of aliphatic hydroxyl groups excluding tert-OH is 1. The van der Waals surface area contributed by atoms with Crippen LogP contribution in [0.2, 0.25) is 0 Å². The summed E-state index contributed by atoms with van der Waals surface area (Å²) in [6.07, 6.45) is 0.191. The molecule has 0 aliphatic heterocycles. The summed E-state index contributed by atoms with van der Waals surface area (Å²) in [4.78, 5) is 11.7. The molecule has 0 heterocycles. The zero-order chi connectivity index (χ0) is 20.8. The number of carbonyl (C=O) groups excluding carboxylic acids is 1. The second-order valence-corrected chi connectivity index (χ2v) is 7.70. The number of aromatic hydroxyl groups is 1. The van der Waals surface area contributed by atoms with Crippen molar-refractivity contribution in [3.05, 3.63) is 58.1 Å². The zero-order valence-corrected chi connectivity index (χ0v) is 17.4. The normalized spacial score (nSPS) is 12.1. The molecule has 0 fully saturated rings. The molecule has 1 amide bonds. The van der Waals surface area contributed by atoms with Gasteiger partial charge in [-0.25, -0.2) is 0 Å². The maximum Gasteiger partial charge on any atom is 0.258 e. The molecule has 0 bridgehead atoms. The van der Waals surface area contributed by atoms with Crippen LogP contribution in [-0.4, -0.2) is 35.4 Å². The van der Waals surface area contributed by atoms with Gasteiger partial charge in [0, 0.05) is 6.54 Å². The molecule has 5 nitrogen and oxygen atoms in total. The maximum atomic E-state index is 11.7. The number of phenolic OH excluding ortho intramolecular Hbond substituents is 1. The van der Waals surface area contributed by atoms with E-state index in [1.165, 1.54) is 5.56 Å². The van der Waals surface area contributed by atoms with E-state index in [-0.39, 0.29) is 25.0 Å². The third-order valence-electron chi connectivity index (χ3n) is 4.73. The lowest BCUT2D eigenvalue weighted by atomic mass is 9.93. The summed E-state index contributed by atoms with van der Waals surface area (Å²) in [5.74, 6) is 0.993. The minimum atomic E-state index is -0.580. The highest BCUT2D eigenvalue weighted by Gasteiger charge is 2.12. The molecule has 0 spiro atoms. The average Bonchev–Trinajstić information content (AvgIpc) is 2.62. The second kappa shape index (κ2) is 9.60. The summed E-state index contributed by atoms with van der Waals surface area (Å²) in [6, 6.07) is 9.66. The van der Waals surface area contributed by atoms with Crippen molar-refractivity contribution >= 4 is 5.91 Å². The summed E-state index contributed by atoms with van der Waals surface area (Å²) in [5, 5.41) is 21.8. The summed E-state index contributed by atoms with van der Waals surface area (Å²) < 4.78 is 5.61. The molecule has 0 aromatic heterocycles. The summed E-state index contributed by atoms with van der Waals surface area (Å²) >= 11 is 0. The number of hydrogen-bond acceptors (Lipinski definition) is 4. The van der Waals surface area contributed by atoms with Gasteiger partial charge in [0.25, 0.3) is 5.91 Å². The van der Waals surface area contributed by atoms with Gasteiger partial charge < -0.3 is 20.3 Å². The lowest BCUT2D eigenvalue weighted by Crippen LogP contribution is -2.34. The number of ether oxygens (including phenoxy) is 1. The van der Waals surface area contributed by atoms with E-state index in [0.29, 0.717) is 11.5 Å². The van der Waals surface area contributed by atoms with Crippen LogP contribution >= 0.6 is 0 Å². The van der Waals surface area contributed by atoms with E-state index >= 15 is 0 Å². The summed E-state index contributed by atoms with van der Waals surface area (Å²) in [6.45, 7) is 9.95. The number of aliphatic hydroxyl groups is 1. The number of rotatable bonds is 8. The molecule has 0 radical (unpaired) electrons. The Morgan fingerprint density at radius 3 is 2.32 bits per heavy atom. The van der Waals surface area contributed by atoms with Crippen LogP contribution in [0.5, 0.6) is 11.5 Å². The quantitative estimate of drug-likeness (QED) is 0.649. The number of benzene rings is 2. The van der Waals surface area contributed by atoms with Crippen LogP contribution in [0.1, 0.15) is 54.5 Å². The first-order chi connectivity index (χ1) is 13.2. The van der Waals surface area contributed by atoms with Crippen LogP contribution in [0.25, 0.3) is 0 Å². The first kappa shape index (κ1) is 21.8. The van der Waals surface area contributed by atoms with E-state index < -0.39 is 6.10 Å². The second-order valence-electron chi connectivity index (χ2n) is 7.70. The van der Waals surface area contributed by atoms with Crippen LogP contribution in [0.4, 0.5) is 0 Å². The molecule has 152 valence electrons. The fraction of sp³-hybridized carbons (Fsp3) is 0.435. The molecule has 0 saturated carbocycles. The van der Waals surface area contributed by atoms with E-state index in [9.17, 15) is 15.0 Å². The van der Waals surface area contributed by atoms with Gasteiger partial charge in [-0.15, -0.1) is 0 Å². The number of nitrogens with one attached hydrogen (secondary N) is 1. The first-order valence-electron chi connectivity index (χ1n) is 9.66. The monoisotopic (exact) mass is 385 g/mol. The van der Waals surface area contributed by atoms with Gasteiger partial charge in [-0.05, 0) is 79.1 Å². The lowest BCUT2D eigenvalue weighted by molar-refractivity contribution is -0.123. The smallest absolute Gasteiger partial charge is 0.258 e. The largest absolute Gasteiger partial charge is 0.508 e. The van der Waals surface area contributed by atoms with Gasteiger partial charge in [0.15, 0.2) is 6.61 Å². The number of phenols is 1. The molecular weight excluding hydrogens is 354 g/mol. The Labute approximate surface area is 167 Å². The van der Waals surface area contributed by atoms with E-state index in [1.807, 2.05) is 32.0 Å². The van der Waals surface area contributed by atoms with E-state index in [1.54, 1.807) is 13.0 Å². The highest BCUT2D eigenvalue weighted by atomic mass is 16.5. The summed E-state index contributed by atoms with van der Waals surface area (Å²) in [7, 11) is 0. The first-order valence-corrected chi connectivity index (χ1v) is 9.66. The Balaban J connectivity index is 2.10. The van der Waals surface area contributed by atoms with Crippen LogP contribution in [0.3, 0.4) is 0 Å². The number of aryl methyl sites for hydroxylation is 2. The minimum absolute atomic E-state index is 0.0827. The number of hydrogen-bond donors (Lipinski definition) is 3. The number of amides is 1. The Kier molecular flexibility index (Phi) is 7.46. The summed E-state index contributed by atoms with van der Waals surface area (Å²) in [5.41, 5.74) is 5.51. The van der Waals surface area contributed by atoms with Crippen molar-refractivity contribution in [2.75, 3.05) is 13.2 Å². The molecule has 28 heavy (non-hydrogen) atoms.